The van der Waals surface area contributed by atoms with Crippen molar-refractivity contribution in [3.8, 4) is 0 Å². The molecular weight excluding hydrogens is 360 g/mol. The van der Waals surface area contributed by atoms with Crippen molar-refractivity contribution >= 4 is 45.1 Å². The summed E-state index contributed by atoms with van der Waals surface area (Å²) in [6, 6.07) is 6.67. The third-order valence-corrected chi connectivity index (χ3v) is 4.95. The van der Waals surface area contributed by atoms with E-state index in [9.17, 15) is 9.59 Å². The number of aromatic nitrogens is 1. The van der Waals surface area contributed by atoms with E-state index in [1.165, 1.54) is 17.4 Å². The molecule has 0 saturated heterocycles. The fourth-order valence-corrected chi connectivity index (χ4v) is 3.42. The maximum atomic E-state index is 12.1. The highest BCUT2D eigenvalue weighted by atomic mass is 35.5. The Morgan fingerprint density at radius 3 is 2.92 bits per heavy atom. The number of carbonyl (C=O) groups is 1. The number of hydrogen-bond donors (Lipinski definition) is 1. The largest absolute Gasteiger partial charge is 0.406 e. The Kier molecular flexibility index (Phi) is 5.01. The molecule has 25 heavy (non-hydrogen) atoms. The number of carbonyl (C=O) groups excluding carboxylic acids is 1. The van der Waals surface area contributed by atoms with Gasteiger partial charge in [0.2, 0.25) is 11.8 Å². The number of fused-ring (bicyclic) bond motifs is 1. The monoisotopic (exact) mass is 374 g/mol. The Hall–Kier alpha value is -2.44. The smallest absolute Gasteiger partial charge is 0.348 e. The predicted octanol–water partition coefficient (Wildman–Crippen LogP) is 4.10. The van der Waals surface area contributed by atoms with Crippen molar-refractivity contribution in [2.75, 3.05) is 0 Å². The molecule has 2 heterocycles. The summed E-state index contributed by atoms with van der Waals surface area (Å²) >= 11 is 7.42. The van der Waals surface area contributed by atoms with Crippen LogP contribution in [0.15, 0.2) is 44.9 Å². The second-order valence-electron chi connectivity index (χ2n) is 5.52. The Bertz CT molecular complexity index is 1020. The summed E-state index contributed by atoms with van der Waals surface area (Å²) in [5.41, 5.74) is 1.14. The number of halogens is 1. The molecule has 0 spiro atoms. The van der Waals surface area contributed by atoms with Crippen LogP contribution in [0.2, 0.25) is 5.02 Å². The molecule has 5 nitrogen and oxygen atoms in total. The molecule has 1 amide bonds. The first-order valence-corrected chi connectivity index (χ1v) is 8.83. The Morgan fingerprint density at radius 1 is 1.40 bits per heavy atom. The lowest BCUT2D eigenvalue weighted by Crippen LogP contribution is -2.26. The second kappa shape index (κ2) is 7.21. The second-order valence-corrected chi connectivity index (χ2v) is 6.79. The number of nitrogens with zero attached hydrogens (tertiary/aromatic N) is 1. The summed E-state index contributed by atoms with van der Waals surface area (Å²) in [7, 11) is 0. The zero-order valence-electron chi connectivity index (χ0n) is 13.6. The van der Waals surface area contributed by atoms with Crippen LogP contribution >= 0.6 is 22.9 Å². The summed E-state index contributed by atoms with van der Waals surface area (Å²) in [5, 5.41) is 5.63. The molecule has 1 N–H and O–H groups in total. The van der Waals surface area contributed by atoms with E-state index in [1.54, 1.807) is 19.1 Å². The van der Waals surface area contributed by atoms with E-state index >= 15 is 0 Å². The molecule has 0 saturated carbocycles. The van der Waals surface area contributed by atoms with Gasteiger partial charge in [0.05, 0.1) is 5.39 Å². The van der Waals surface area contributed by atoms with Gasteiger partial charge >= 0.3 is 5.63 Å². The number of nitrogens with one attached hydrogen (secondary N) is 1. The topological polar surface area (TPSA) is 72.2 Å². The molecule has 0 aliphatic rings. The lowest BCUT2D eigenvalue weighted by Gasteiger charge is -2.10. The minimum atomic E-state index is -0.539. The normalized spacial score (nSPS) is 12.6. The van der Waals surface area contributed by atoms with Crippen LogP contribution in [0.3, 0.4) is 0 Å². The summed E-state index contributed by atoms with van der Waals surface area (Å²) < 4.78 is 5.25. The summed E-state index contributed by atoms with van der Waals surface area (Å²) in [5.74, 6) is -0.154. The molecule has 0 fully saturated rings. The van der Waals surface area contributed by atoms with Crippen molar-refractivity contribution in [3.63, 3.8) is 0 Å². The van der Waals surface area contributed by atoms with Crippen molar-refractivity contribution in [1.82, 2.24) is 10.3 Å². The zero-order valence-corrected chi connectivity index (χ0v) is 15.1. The number of thiophene rings is 1. The van der Waals surface area contributed by atoms with Crippen LogP contribution in [0.4, 0.5) is 0 Å². The molecule has 0 bridgehead atoms. The van der Waals surface area contributed by atoms with Gasteiger partial charge in [-0.3, -0.25) is 4.79 Å². The molecule has 2 aromatic heterocycles. The highest BCUT2D eigenvalue weighted by Crippen LogP contribution is 2.22. The molecule has 0 aliphatic heterocycles. The van der Waals surface area contributed by atoms with Gasteiger partial charge in [-0.25, -0.2) is 9.78 Å². The van der Waals surface area contributed by atoms with E-state index in [-0.39, 0.29) is 11.8 Å². The summed E-state index contributed by atoms with van der Waals surface area (Å²) in [6.45, 7) is 3.54. The maximum absolute atomic E-state index is 12.1. The van der Waals surface area contributed by atoms with Crippen molar-refractivity contribution in [1.29, 1.82) is 0 Å². The van der Waals surface area contributed by atoms with E-state index in [2.05, 4.69) is 10.3 Å². The number of rotatable bonds is 4. The predicted molar refractivity (Wildman–Crippen MR) is 99.9 cm³/mol. The van der Waals surface area contributed by atoms with Crippen LogP contribution in [-0.4, -0.2) is 10.9 Å². The first kappa shape index (κ1) is 17.4. The average molecular weight is 375 g/mol. The molecule has 3 aromatic rings. The van der Waals surface area contributed by atoms with Crippen LogP contribution < -0.4 is 10.9 Å². The van der Waals surface area contributed by atoms with Gasteiger partial charge in [-0.15, -0.1) is 11.3 Å². The molecule has 1 atom stereocenters. The molecule has 0 radical (unpaired) electrons. The molecule has 3 rings (SSSR count). The standard InChI is InChI=1S/C18H15ClN2O3S/c1-10-9-25-17-15(10)18(23)24-16(21-17)11(2)20-14(22)8-7-12-5-3-4-6-13(12)19/h3-9,11H,1-2H3,(H,20,22)/b8-7+/t11-/m0/s1. The van der Waals surface area contributed by atoms with Gasteiger partial charge < -0.3 is 9.73 Å². The van der Waals surface area contributed by atoms with E-state index in [1.807, 2.05) is 30.5 Å². The fourth-order valence-electron chi connectivity index (χ4n) is 2.31. The third-order valence-electron chi connectivity index (χ3n) is 3.62. The number of aryl methyl sites for hydroxylation is 1. The third kappa shape index (κ3) is 3.81. The number of amides is 1. The zero-order chi connectivity index (χ0) is 18.0. The molecular formula is C18H15ClN2O3S. The van der Waals surface area contributed by atoms with Gasteiger partial charge in [0.15, 0.2) is 0 Å². The van der Waals surface area contributed by atoms with Crippen LogP contribution in [0.5, 0.6) is 0 Å². The minimum absolute atomic E-state index is 0.179. The van der Waals surface area contributed by atoms with Crippen LogP contribution in [0, 0.1) is 6.92 Å². The van der Waals surface area contributed by atoms with Crippen LogP contribution in [0.25, 0.3) is 16.3 Å². The highest BCUT2D eigenvalue weighted by Gasteiger charge is 2.16. The van der Waals surface area contributed by atoms with Crippen molar-refractivity contribution in [2.24, 2.45) is 0 Å². The molecule has 7 heteroatoms. The molecule has 128 valence electrons. The van der Waals surface area contributed by atoms with E-state index in [4.69, 9.17) is 16.0 Å². The van der Waals surface area contributed by atoms with E-state index < -0.39 is 11.7 Å². The first-order chi connectivity index (χ1) is 12.0. The minimum Gasteiger partial charge on any atom is -0.406 e. The lowest BCUT2D eigenvalue weighted by atomic mass is 10.2. The quantitative estimate of drug-likeness (QED) is 0.698. The maximum Gasteiger partial charge on any atom is 0.348 e. The Labute approximate surface area is 153 Å². The lowest BCUT2D eigenvalue weighted by molar-refractivity contribution is -0.117. The molecule has 1 aromatic carbocycles. The highest BCUT2D eigenvalue weighted by molar-refractivity contribution is 7.16. The number of hydrogen-bond acceptors (Lipinski definition) is 5. The van der Waals surface area contributed by atoms with E-state index in [0.717, 1.165) is 11.1 Å². The first-order valence-electron chi connectivity index (χ1n) is 7.57. The Morgan fingerprint density at radius 2 is 2.16 bits per heavy atom. The van der Waals surface area contributed by atoms with E-state index in [0.29, 0.717) is 15.2 Å². The summed E-state index contributed by atoms with van der Waals surface area (Å²) in [6.07, 6.45) is 3.00. The van der Waals surface area contributed by atoms with Gasteiger partial charge in [-0.1, -0.05) is 29.8 Å². The SMILES string of the molecule is Cc1csc2nc([C@H](C)NC(=O)/C=C/c3ccccc3Cl)oc(=O)c12. The van der Waals surface area contributed by atoms with Gasteiger partial charge in [0.1, 0.15) is 10.9 Å². The average Bonchev–Trinajstić information content (AvgIpc) is 2.95. The van der Waals surface area contributed by atoms with Crippen LogP contribution in [0.1, 0.15) is 30.0 Å². The summed E-state index contributed by atoms with van der Waals surface area (Å²) in [4.78, 5) is 29.1. The van der Waals surface area contributed by atoms with Gasteiger partial charge in [-0.05, 0) is 42.5 Å². The van der Waals surface area contributed by atoms with Gasteiger partial charge in [0.25, 0.3) is 0 Å². The van der Waals surface area contributed by atoms with Gasteiger partial charge in [0, 0.05) is 11.1 Å². The van der Waals surface area contributed by atoms with Crippen molar-refractivity contribution in [3.05, 3.63) is 68.2 Å². The number of benzene rings is 1. The Balaban J connectivity index is 1.76. The van der Waals surface area contributed by atoms with Crippen LogP contribution in [-0.2, 0) is 4.79 Å². The van der Waals surface area contributed by atoms with Crippen molar-refractivity contribution < 1.29 is 9.21 Å². The van der Waals surface area contributed by atoms with Gasteiger partial charge in [-0.2, -0.15) is 0 Å². The molecule has 0 unspecified atom stereocenters. The molecule has 0 aliphatic carbocycles. The van der Waals surface area contributed by atoms with Crippen molar-refractivity contribution in [2.45, 2.75) is 19.9 Å². The fraction of sp³-hybridized carbons (Fsp3) is 0.167.